The highest BCUT2D eigenvalue weighted by Crippen LogP contribution is 2.18. The van der Waals surface area contributed by atoms with Crippen molar-refractivity contribution in [2.45, 2.75) is 6.61 Å². The molecule has 0 unspecified atom stereocenters. The molecule has 9 nitrogen and oxygen atoms in total. The van der Waals surface area contributed by atoms with Gasteiger partial charge in [-0.25, -0.2) is 19.3 Å². The molecule has 0 aromatic heterocycles. The van der Waals surface area contributed by atoms with Gasteiger partial charge < -0.3 is 20.1 Å². The minimum atomic E-state index is -1.36. The summed E-state index contributed by atoms with van der Waals surface area (Å²) in [7, 11) is 0. The molecule has 0 radical (unpaired) electrons. The summed E-state index contributed by atoms with van der Waals surface area (Å²) in [6.07, 6.45) is 0. The van der Waals surface area contributed by atoms with E-state index in [2.05, 4.69) is 4.89 Å². The maximum atomic E-state index is 11.9. The molecule has 0 aliphatic heterocycles. The summed E-state index contributed by atoms with van der Waals surface area (Å²) in [5.41, 5.74) is -0.298. The van der Waals surface area contributed by atoms with E-state index < -0.39 is 24.7 Å². The number of hydrogen-bond acceptors (Lipinski definition) is 7. The van der Waals surface area contributed by atoms with Crippen LogP contribution in [0.1, 0.15) is 36.6 Å². The van der Waals surface area contributed by atoms with Crippen LogP contribution >= 0.6 is 0 Å². The first-order valence-corrected chi connectivity index (χ1v) is 7.19. The number of aromatic carboxylic acids is 2. The lowest BCUT2D eigenvalue weighted by Gasteiger charge is -2.09. The van der Waals surface area contributed by atoms with Crippen molar-refractivity contribution in [3.8, 4) is 5.75 Å². The van der Waals surface area contributed by atoms with Crippen LogP contribution in [-0.2, 0) is 21.1 Å². The standard InChI is InChI=1S/C17H14O9/c18-11-5-6-13(16(21)22)14(7-11)17(23)24-9-26-25-8-10-3-1-2-4-12(10)15(19)20/h1-7,18H,8-9H2,(H,19,20)(H,21,22). The molecule has 2 rings (SSSR count). The largest absolute Gasteiger partial charge is 0.508 e. The summed E-state index contributed by atoms with van der Waals surface area (Å²) >= 11 is 0. The Balaban J connectivity index is 1.88. The number of phenols is 1. The van der Waals surface area contributed by atoms with Crippen LogP contribution in [0.15, 0.2) is 42.5 Å². The Morgan fingerprint density at radius 3 is 2.23 bits per heavy atom. The molecule has 3 N–H and O–H groups in total. The summed E-state index contributed by atoms with van der Waals surface area (Å²) in [6, 6.07) is 9.26. The van der Waals surface area contributed by atoms with Crippen LogP contribution in [0.25, 0.3) is 0 Å². The van der Waals surface area contributed by atoms with Gasteiger partial charge in [-0.2, -0.15) is 4.89 Å². The second-order valence-electron chi connectivity index (χ2n) is 4.93. The quantitative estimate of drug-likeness (QED) is 0.211. The van der Waals surface area contributed by atoms with E-state index in [0.717, 1.165) is 18.2 Å². The topological polar surface area (TPSA) is 140 Å². The smallest absolute Gasteiger partial charge is 0.341 e. The third kappa shape index (κ3) is 4.79. The van der Waals surface area contributed by atoms with Crippen LogP contribution in [0.4, 0.5) is 0 Å². The van der Waals surface area contributed by atoms with Gasteiger partial charge in [0.05, 0.1) is 16.7 Å². The maximum absolute atomic E-state index is 11.9. The van der Waals surface area contributed by atoms with Crippen molar-refractivity contribution in [2.24, 2.45) is 0 Å². The normalized spacial score (nSPS) is 10.3. The van der Waals surface area contributed by atoms with Crippen molar-refractivity contribution < 1.29 is 44.2 Å². The van der Waals surface area contributed by atoms with E-state index in [4.69, 9.17) is 19.8 Å². The first-order chi connectivity index (χ1) is 12.4. The van der Waals surface area contributed by atoms with Crippen molar-refractivity contribution in [2.75, 3.05) is 6.79 Å². The summed E-state index contributed by atoms with van der Waals surface area (Å²) in [4.78, 5) is 43.4. The molecule has 26 heavy (non-hydrogen) atoms. The van der Waals surface area contributed by atoms with Gasteiger partial charge in [0.15, 0.2) is 0 Å². The van der Waals surface area contributed by atoms with Crippen LogP contribution in [0, 0.1) is 0 Å². The lowest BCUT2D eigenvalue weighted by molar-refractivity contribution is -0.335. The fraction of sp³-hybridized carbons (Fsp3) is 0.118. The first kappa shape index (κ1) is 18.9. The van der Waals surface area contributed by atoms with E-state index in [9.17, 15) is 19.5 Å². The molecule has 0 atom stereocenters. The number of aromatic hydroxyl groups is 1. The average Bonchev–Trinajstić information content (AvgIpc) is 2.61. The minimum absolute atomic E-state index is 0.0407. The molecule has 0 heterocycles. The highest BCUT2D eigenvalue weighted by molar-refractivity contribution is 6.02. The number of carboxylic acids is 2. The predicted octanol–water partition coefficient (Wildman–Crippen LogP) is 2.05. The van der Waals surface area contributed by atoms with E-state index in [1.54, 1.807) is 12.1 Å². The number of phenolic OH excluding ortho intramolecular Hbond substituents is 1. The van der Waals surface area contributed by atoms with Crippen molar-refractivity contribution in [3.63, 3.8) is 0 Å². The predicted molar refractivity (Wildman–Crippen MR) is 84.6 cm³/mol. The first-order valence-electron chi connectivity index (χ1n) is 7.19. The summed E-state index contributed by atoms with van der Waals surface area (Å²) in [6.45, 7) is -0.866. The van der Waals surface area contributed by atoms with Gasteiger partial charge in [-0.1, -0.05) is 18.2 Å². The lowest BCUT2D eigenvalue weighted by Crippen LogP contribution is -2.14. The summed E-state index contributed by atoms with van der Waals surface area (Å²) in [5.74, 6) is -3.82. The third-order valence-corrected chi connectivity index (χ3v) is 3.24. The Kier molecular flexibility index (Phi) is 6.25. The molecule has 0 aliphatic carbocycles. The molecule has 0 amide bonds. The van der Waals surface area contributed by atoms with Crippen molar-refractivity contribution >= 4 is 17.9 Å². The van der Waals surface area contributed by atoms with E-state index >= 15 is 0 Å². The van der Waals surface area contributed by atoms with E-state index in [1.165, 1.54) is 12.1 Å². The molecule has 0 fully saturated rings. The van der Waals surface area contributed by atoms with Crippen LogP contribution in [0.3, 0.4) is 0 Å². The molecule has 0 saturated heterocycles. The zero-order valence-electron chi connectivity index (χ0n) is 13.2. The average molecular weight is 362 g/mol. The third-order valence-electron chi connectivity index (χ3n) is 3.24. The monoisotopic (exact) mass is 362 g/mol. The maximum Gasteiger partial charge on any atom is 0.341 e. The van der Waals surface area contributed by atoms with Gasteiger partial charge in [-0.15, -0.1) is 0 Å². The van der Waals surface area contributed by atoms with Crippen LogP contribution in [-0.4, -0.2) is 40.0 Å². The SMILES string of the molecule is O=C(O)c1ccccc1COOCOC(=O)c1cc(O)ccc1C(=O)O. The Morgan fingerprint density at radius 2 is 1.54 bits per heavy atom. The second kappa shape index (κ2) is 8.60. The highest BCUT2D eigenvalue weighted by Gasteiger charge is 2.18. The Bertz CT molecular complexity index is 829. The molecule has 2 aromatic carbocycles. The van der Waals surface area contributed by atoms with Gasteiger partial charge in [-0.3, -0.25) is 0 Å². The van der Waals surface area contributed by atoms with Gasteiger partial charge in [0, 0.05) is 0 Å². The molecule has 136 valence electrons. The number of benzene rings is 2. The van der Waals surface area contributed by atoms with Gasteiger partial charge in [0.25, 0.3) is 0 Å². The zero-order chi connectivity index (χ0) is 19.1. The molecule has 0 saturated carbocycles. The lowest BCUT2D eigenvalue weighted by atomic mass is 10.1. The Hall–Kier alpha value is -3.43. The second-order valence-corrected chi connectivity index (χ2v) is 4.93. The molecule has 0 bridgehead atoms. The Morgan fingerprint density at radius 1 is 0.846 bits per heavy atom. The summed E-state index contributed by atoms with van der Waals surface area (Å²) in [5, 5.41) is 27.4. The fourth-order valence-electron chi connectivity index (χ4n) is 2.04. The molecule has 0 spiro atoms. The number of carboxylic acid groups (broad SMARTS) is 2. The number of rotatable bonds is 8. The molecule has 9 heteroatoms. The van der Waals surface area contributed by atoms with Gasteiger partial charge in [0.1, 0.15) is 12.4 Å². The number of hydrogen-bond donors (Lipinski definition) is 3. The number of carbonyl (C=O) groups excluding carboxylic acids is 1. The van der Waals surface area contributed by atoms with Crippen LogP contribution in [0.2, 0.25) is 0 Å². The molecular weight excluding hydrogens is 348 g/mol. The van der Waals surface area contributed by atoms with Crippen LogP contribution < -0.4 is 0 Å². The van der Waals surface area contributed by atoms with Crippen molar-refractivity contribution in [1.29, 1.82) is 0 Å². The summed E-state index contributed by atoms with van der Waals surface area (Å²) < 4.78 is 4.71. The van der Waals surface area contributed by atoms with Crippen molar-refractivity contribution in [3.05, 3.63) is 64.7 Å². The van der Waals surface area contributed by atoms with Crippen molar-refractivity contribution in [1.82, 2.24) is 0 Å². The highest BCUT2D eigenvalue weighted by atomic mass is 17.2. The zero-order valence-corrected chi connectivity index (χ0v) is 13.2. The molecule has 0 aliphatic rings. The van der Waals surface area contributed by atoms with Gasteiger partial charge in [0.2, 0.25) is 6.79 Å². The van der Waals surface area contributed by atoms with Crippen LogP contribution in [0.5, 0.6) is 5.75 Å². The number of carbonyl (C=O) groups is 3. The van der Waals surface area contributed by atoms with E-state index in [1.807, 2.05) is 0 Å². The molecular formula is C17H14O9. The number of esters is 1. The van der Waals surface area contributed by atoms with Gasteiger partial charge >= 0.3 is 17.9 Å². The van der Waals surface area contributed by atoms with E-state index in [-0.39, 0.29) is 29.0 Å². The fourth-order valence-corrected chi connectivity index (χ4v) is 2.04. The van der Waals surface area contributed by atoms with Gasteiger partial charge in [-0.05, 0) is 29.8 Å². The number of ether oxygens (including phenoxy) is 1. The van der Waals surface area contributed by atoms with E-state index in [0.29, 0.717) is 5.56 Å². The Labute approximate surface area is 146 Å². The molecule has 2 aromatic rings. The minimum Gasteiger partial charge on any atom is -0.508 e.